The molecule has 2 N–H and O–H groups in total. The van der Waals surface area contributed by atoms with Crippen molar-refractivity contribution >= 4 is 56.6 Å². The van der Waals surface area contributed by atoms with E-state index in [0.29, 0.717) is 10.6 Å². The molecule has 11 heteroatoms. The highest BCUT2D eigenvalue weighted by Gasteiger charge is 2.37. The number of rotatable bonds is 6. The Kier molecular flexibility index (Phi) is 8.56. The van der Waals surface area contributed by atoms with Gasteiger partial charge in [0.25, 0.3) is 5.91 Å². The maximum atomic E-state index is 13.5. The first-order valence-electron chi connectivity index (χ1n) is 12.0. The fraction of sp³-hybridized carbons (Fsp3) is 0.179. The van der Waals surface area contributed by atoms with Gasteiger partial charge in [0.2, 0.25) is 15.9 Å². The number of primary amides is 1. The lowest BCUT2D eigenvalue weighted by molar-refractivity contribution is -0.119. The predicted octanol–water partition coefficient (Wildman–Crippen LogP) is 4.37. The van der Waals surface area contributed by atoms with E-state index >= 15 is 0 Å². The zero-order valence-corrected chi connectivity index (χ0v) is 23.1. The second-order valence-corrected chi connectivity index (χ2v) is 11.5. The number of piperazine rings is 1. The van der Waals surface area contributed by atoms with Gasteiger partial charge in [-0.25, -0.2) is 8.42 Å². The predicted molar refractivity (Wildman–Crippen MR) is 153 cm³/mol. The number of amides is 2. The van der Waals surface area contributed by atoms with Crippen LogP contribution in [0.3, 0.4) is 0 Å². The Labute approximate surface area is 237 Å². The van der Waals surface area contributed by atoms with Gasteiger partial charge in [0.05, 0.1) is 16.6 Å². The Hall–Kier alpha value is -3.50. The molecule has 2 amide bonds. The Balaban J connectivity index is 0.00000353. The second kappa shape index (κ2) is 11.7. The highest BCUT2D eigenvalue weighted by molar-refractivity contribution is 7.89. The van der Waals surface area contributed by atoms with Crippen molar-refractivity contribution in [2.24, 2.45) is 5.73 Å². The SMILES string of the molecule is Cl.NC(=O)CC1CN(S(=O)(=O)c2ccc3cc(Cl)ccc3c2)CCN1C(=O)c1ccc(-c2ccccn2)cc1. The van der Waals surface area contributed by atoms with E-state index in [0.717, 1.165) is 22.0 Å². The number of nitrogens with zero attached hydrogens (tertiary/aromatic N) is 3. The molecule has 1 aliphatic heterocycles. The maximum Gasteiger partial charge on any atom is 0.254 e. The van der Waals surface area contributed by atoms with Gasteiger partial charge in [-0.3, -0.25) is 14.6 Å². The molecule has 1 atom stereocenters. The summed E-state index contributed by atoms with van der Waals surface area (Å²) < 4.78 is 28.4. The fourth-order valence-corrected chi connectivity index (χ4v) is 6.39. The summed E-state index contributed by atoms with van der Waals surface area (Å²) in [5.41, 5.74) is 7.57. The number of hydrogen-bond acceptors (Lipinski definition) is 5. The number of sulfonamides is 1. The molecule has 5 rings (SSSR count). The average Bonchev–Trinajstić information content (AvgIpc) is 2.92. The smallest absolute Gasteiger partial charge is 0.254 e. The number of benzene rings is 3. The first-order chi connectivity index (χ1) is 18.2. The van der Waals surface area contributed by atoms with E-state index in [1.165, 1.54) is 15.3 Å². The molecule has 39 heavy (non-hydrogen) atoms. The zero-order valence-electron chi connectivity index (χ0n) is 20.7. The quantitative estimate of drug-likeness (QED) is 0.361. The van der Waals surface area contributed by atoms with Gasteiger partial charge in [-0.1, -0.05) is 41.9 Å². The van der Waals surface area contributed by atoms with Gasteiger partial charge in [-0.05, 0) is 59.3 Å². The highest BCUT2D eigenvalue weighted by atomic mass is 35.5. The standard InChI is InChI=1S/C28H25ClN4O4S.ClH/c29-23-10-8-22-16-25(11-9-21(22)15-23)38(36,37)32-13-14-33(24(18-32)17-27(30)34)28(35)20-6-4-19(5-7-20)26-3-1-2-12-31-26;/h1-12,15-16,24H,13-14,17-18H2,(H2,30,34);1H. The Morgan fingerprint density at radius 2 is 1.67 bits per heavy atom. The summed E-state index contributed by atoms with van der Waals surface area (Å²) in [5.74, 6) is -0.899. The van der Waals surface area contributed by atoms with Gasteiger partial charge in [0, 0.05) is 48.4 Å². The summed E-state index contributed by atoms with van der Waals surface area (Å²) in [7, 11) is -3.88. The van der Waals surface area contributed by atoms with E-state index in [1.54, 1.807) is 48.7 Å². The molecule has 1 aliphatic rings. The number of pyridine rings is 1. The average molecular weight is 586 g/mol. The number of nitrogens with two attached hydrogens (primary N) is 1. The fourth-order valence-electron chi connectivity index (χ4n) is 4.71. The lowest BCUT2D eigenvalue weighted by Crippen LogP contribution is -2.57. The van der Waals surface area contributed by atoms with Crippen molar-refractivity contribution in [3.05, 3.63) is 95.6 Å². The van der Waals surface area contributed by atoms with Crippen molar-refractivity contribution in [2.75, 3.05) is 19.6 Å². The molecular weight excluding hydrogens is 559 g/mol. The molecular formula is C28H26Cl2N4O4S. The maximum absolute atomic E-state index is 13.5. The minimum atomic E-state index is -3.88. The molecule has 1 fully saturated rings. The first kappa shape index (κ1) is 28.5. The van der Waals surface area contributed by atoms with Crippen molar-refractivity contribution in [2.45, 2.75) is 17.4 Å². The Bertz CT molecular complexity index is 1620. The summed E-state index contributed by atoms with van der Waals surface area (Å²) in [6.07, 6.45) is 1.55. The molecule has 1 unspecified atom stereocenters. The summed E-state index contributed by atoms with van der Waals surface area (Å²) in [5, 5.41) is 2.13. The topological polar surface area (TPSA) is 114 Å². The third-order valence-corrected chi connectivity index (χ3v) is 8.74. The molecule has 2 heterocycles. The van der Waals surface area contributed by atoms with Gasteiger partial charge in [0.15, 0.2) is 0 Å². The molecule has 202 valence electrons. The monoisotopic (exact) mass is 584 g/mol. The third-order valence-electron chi connectivity index (χ3n) is 6.65. The molecule has 0 spiro atoms. The van der Waals surface area contributed by atoms with Crippen LogP contribution in [-0.4, -0.2) is 60.1 Å². The Morgan fingerprint density at radius 1 is 0.949 bits per heavy atom. The number of hydrogen-bond donors (Lipinski definition) is 1. The van der Waals surface area contributed by atoms with Crippen molar-refractivity contribution in [1.82, 2.24) is 14.2 Å². The van der Waals surface area contributed by atoms with Gasteiger partial charge in [-0.2, -0.15) is 4.31 Å². The molecule has 1 saturated heterocycles. The van der Waals surface area contributed by atoms with Crippen LogP contribution in [0.2, 0.25) is 5.02 Å². The van der Waals surface area contributed by atoms with Crippen LogP contribution in [0.5, 0.6) is 0 Å². The molecule has 8 nitrogen and oxygen atoms in total. The van der Waals surface area contributed by atoms with Crippen molar-refractivity contribution in [1.29, 1.82) is 0 Å². The molecule has 1 aromatic heterocycles. The van der Waals surface area contributed by atoms with Crippen LogP contribution in [0.15, 0.2) is 90.0 Å². The minimum Gasteiger partial charge on any atom is -0.370 e. The minimum absolute atomic E-state index is 0. The van der Waals surface area contributed by atoms with E-state index in [-0.39, 0.29) is 49.3 Å². The van der Waals surface area contributed by atoms with E-state index < -0.39 is 22.0 Å². The summed E-state index contributed by atoms with van der Waals surface area (Å²) >= 11 is 6.05. The van der Waals surface area contributed by atoms with Gasteiger partial charge < -0.3 is 10.6 Å². The first-order valence-corrected chi connectivity index (χ1v) is 13.8. The second-order valence-electron chi connectivity index (χ2n) is 9.13. The van der Waals surface area contributed by atoms with E-state index in [9.17, 15) is 18.0 Å². The van der Waals surface area contributed by atoms with Crippen LogP contribution in [0.4, 0.5) is 0 Å². The van der Waals surface area contributed by atoms with Crippen LogP contribution in [0.1, 0.15) is 16.8 Å². The summed E-state index contributed by atoms with van der Waals surface area (Å²) in [6.45, 7) is 0.177. The normalized spacial score (nSPS) is 16.0. The number of carbonyl (C=O) groups excluding carboxylic acids is 2. The van der Waals surface area contributed by atoms with E-state index in [4.69, 9.17) is 17.3 Å². The molecule has 0 saturated carbocycles. The zero-order chi connectivity index (χ0) is 26.9. The van der Waals surface area contributed by atoms with Crippen LogP contribution >= 0.6 is 24.0 Å². The molecule has 0 bridgehead atoms. The van der Waals surface area contributed by atoms with Crippen molar-refractivity contribution in [3.8, 4) is 11.3 Å². The lowest BCUT2D eigenvalue weighted by Gasteiger charge is -2.40. The van der Waals surface area contributed by atoms with E-state index in [2.05, 4.69) is 4.98 Å². The number of halogens is 2. The number of fused-ring (bicyclic) bond motifs is 1. The highest BCUT2D eigenvalue weighted by Crippen LogP contribution is 2.27. The third kappa shape index (κ3) is 6.07. The van der Waals surface area contributed by atoms with Gasteiger partial charge >= 0.3 is 0 Å². The van der Waals surface area contributed by atoms with Crippen molar-refractivity contribution in [3.63, 3.8) is 0 Å². The van der Waals surface area contributed by atoms with Crippen LogP contribution in [0, 0.1) is 0 Å². The molecule has 4 aromatic rings. The van der Waals surface area contributed by atoms with E-state index in [1.807, 2.05) is 30.3 Å². The molecule has 3 aromatic carbocycles. The van der Waals surface area contributed by atoms with Gasteiger partial charge in [-0.15, -0.1) is 12.4 Å². The number of carbonyl (C=O) groups is 2. The van der Waals surface area contributed by atoms with Crippen LogP contribution < -0.4 is 5.73 Å². The summed E-state index contributed by atoms with van der Waals surface area (Å²) in [6, 6.07) is 22.0. The lowest BCUT2D eigenvalue weighted by atomic mass is 10.0. The largest absolute Gasteiger partial charge is 0.370 e. The summed E-state index contributed by atoms with van der Waals surface area (Å²) in [4.78, 5) is 31.3. The molecule has 0 radical (unpaired) electrons. The van der Waals surface area contributed by atoms with Crippen LogP contribution in [-0.2, 0) is 14.8 Å². The molecule has 0 aliphatic carbocycles. The van der Waals surface area contributed by atoms with Crippen LogP contribution in [0.25, 0.3) is 22.0 Å². The Morgan fingerprint density at radius 3 is 2.36 bits per heavy atom. The number of aromatic nitrogens is 1. The van der Waals surface area contributed by atoms with Gasteiger partial charge in [0.1, 0.15) is 0 Å². The van der Waals surface area contributed by atoms with Crippen molar-refractivity contribution < 1.29 is 18.0 Å².